The van der Waals surface area contributed by atoms with Crippen LogP contribution in [0, 0.1) is 12.0 Å². The number of benzene rings is 2. The molecule has 1 heterocycles. The van der Waals surface area contributed by atoms with Crippen LogP contribution in [0.5, 0.6) is 0 Å². The van der Waals surface area contributed by atoms with E-state index < -0.39 is 10.0 Å². The molecule has 0 atom stereocenters. The quantitative estimate of drug-likeness (QED) is 0.746. The first-order chi connectivity index (χ1) is 11.5. The van der Waals surface area contributed by atoms with E-state index in [-0.39, 0.29) is 4.90 Å². The summed E-state index contributed by atoms with van der Waals surface area (Å²) in [5.41, 5.74) is 2.68. The number of rotatable bonds is 3. The number of primary sulfonamides is 1. The Balaban J connectivity index is 2.31. The molecule has 3 rings (SSSR count). The molecule has 24 heavy (non-hydrogen) atoms. The van der Waals surface area contributed by atoms with Gasteiger partial charge in [0, 0.05) is 23.4 Å². The second-order valence-corrected chi connectivity index (χ2v) is 6.63. The lowest BCUT2D eigenvalue weighted by atomic mass is 10.0. The van der Waals surface area contributed by atoms with Gasteiger partial charge in [-0.3, -0.25) is 0 Å². The molecule has 2 N–H and O–H groups in total. The number of nitrogens with two attached hydrogens (primary N) is 1. The molecule has 0 saturated carbocycles. The molecule has 0 aliphatic carbocycles. The molecule has 0 fully saturated rings. The van der Waals surface area contributed by atoms with Crippen LogP contribution in [-0.4, -0.2) is 18.2 Å². The van der Waals surface area contributed by atoms with Crippen LogP contribution in [0.2, 0.25) is 0 Å². The highest BCUT2D eigenvalue weighted by Crippen LogP contribution is 2.34. The number of aromatic nitrogens is 2. The number of hydrogen-bond acceptors (Lipinski definition) is 3. The van der Waals surface area contributed by atoms with Crippen LogP contribution in [0.25, 0.3) is 22.4 Å². The van der Waals surface area contributed by atoms with Crippen molar-refractivity contribution in [1.29, 1.82) is 0 Å². The summed E-state index contributed by atoms with van der Waals surface area (Å²) in [6.07, 6.45) is 1.78. The summed E-state index contributed by atoms with van der Waals surface area (Å²) < 4.78 is 25.3. The number of sulfonamides is 1. The lowest BCUT2D eigenvalue weighted by Crippen LogP contribution is -2.13. The van der Waals surface area contributed by atoms with Crippen LogP contribution in [0.15, 0.2) is 65.7 Å². The third-order valence-electron chi connectivity index (χ3n) is 3.47. The van der Waals surface area contributed by atoms with E-state index in [2.05, 4.69) is 17.1 Å². The molecule has 0 saturated heterocycles. The van der Waals surface area contributed by atoms with Gasteiger partial charge in [0.2, 0.25) is 10.0 Å². The molecule has 0 amide bonds. The minimum Gasteiger partial charge on any atom is -0.225 e. The molecule has 120 valence electrons. The smallest absolute Gasteiger partial charge is 0.225 e. The van der Waals surface area contributed by atoms with E-state index in [0.717, 1.165) is 11.1 Å². The Hall–Kier alpha value is -2.88. The zero-order valence-electron chi connectivity index (χ0n) is 13.0. The Bertz CT molecular complexity index is 1040. The topological polar surface area (TPSA) is 78.0 Å². The van der Waals surface area contributed by atoms with Crippen molar-refractivity contribution in [3.8, 4) is 34.3 Å². The van der Waals surface area contributed by atoms with Crippen molar-refractivity contribution in [2.45, 2.75) is 11.8 Å². The molecule has 5 nitrogen and oxygen atoms in total. The first-order valence-electron chi connectivity index (χ1n) is 7.21. The van der Waals surface area contributed by atoms with E-state index >= 15 is 0 Å². The Morgan fingerprint density at radius 3 is 2.33 bits per heavy atom. The predicted octanol–water partition coefficient (Wildman–Crippen LogP) is 2.69. The van der Waals surface area contributed by atoms with Crippen LogP contribution in [-0.2, 0) is 10.0 Å². The van der Waals surface area contributed by atoms with Crippen molar-refractivity contribution in [2.75, 3.05) is 0 Å². The third-order valence-corrected chi connectivity index (χ3v) is 4.44. The summed E-state index contributed by atoms with van der Waals surface area (Å²) in [6, 6.07) is 19.0. The van der Waals surface area contributed by atoms with Gasteiger partial charge in [-0.05, 0) is 18.6 Å². The van der Waals surface area contributed by atoms with E-state index in [0.29, 0.717) is 11.3 Å². The van der Waals surface area contributed by atoms with Gasteiger partial charge in [-0.1, -0.05) is 54.5 Å². The zero-order chi connectivity index (χ0) is 17.2. The highest BCUT2D eigenvalue weighted by molar-refractivity contribution is 7.89. The van der Waals surface area contributed by atoms with E-state index in [1.807, 2.05) is 30.3 Å². The highest BCUT2D eigenvalue weighted by Gasteiger charge is 2.20. The maximum Gasteiger partial charge on any atom is 0.238 e. The first kappa shape index (κ1) is 16.0. The molecule has 0 unspecified atom stereocenters. The SMILES string of the molecule is CC#Cn1cc(-c2ccccc2)c(-c2ccccc2S(N)(=O)=O)n1. The van der Waals surface area contributed by atoms with E-state index in [1.165, 1.54) is 10.7 Å². The molecule has 2 aromatic carbocycles. The molecule has 0 radical (unpaired) electrons. The van der Waals surface area contributed by atoms with Crippen molar-refractivity contribution < 1.29 is 8.42 Å². The molecular formula is C18H15N3O2S. The molecule has 0 aliphatic heterocycles. The minimum absolute atomic E-state index is 0.0388. The summed E-state index contributed by atoms with van der Waals surface area (Å²) >= 11 is 0. The summed E-state index contributed by atoms with van der Waals surface area (Å²) in [5.74, 6) is 2.78. The van der Waals surface area contributed by atoms with Crippen LogP contribution < -0.4 is 5.14 Å². The van der Waals surface area contributed by atoms with Crippen molar-refractivity contribution in [3.63, 3.8) is 0 Å². The van der Waals surface area contributed by atoms with Gasteiger partial charge < -0.3 is 0 Å². The summed E-state index contributed by atoms with van der Waals surface area (Å²) in [7, 11) is -3.87. The number of hydrogen-bond donors (Lipinski definition) is 1. The van der Waals surface area contributed by atoms with Crippen LogP contribution in [0.1, 0.15) is 6.92 Å². The third kappa shape index (κ3) is 3.08. The molecule has 0 aliphatic rings. The monoisotopic (exact) mass is 337 g/mol. The molecular weight excluding hydrogens is 322 g/mol. The predicted molar refractivity (Wildman–Crippen MR) is 93.3 cm³/mol. The van der Waals surface area contributed by atoms with E-state index in [1.54, 1.807) is 31.3 Å². The molecule has 1 aromatic heterocycles. The second kappa shape index (κ2) is 6.32. The fraction of sp³-hybridized carbons (Fsp3) is 0.0556. The van der Waals surface area contributed by atoms with E-state index in [4.69, 9.17) is 5.14 Å². The van der Waals surface area contributed by atoms with Gasteiger partial charge in [-0.25, -0.2) is 13.6 Å². The van der Waals surface area contributed by atoms with Gasteiger partial charge in [0.15, 0.2) is 0 Å². The van der Waals surface area contributed by atoms with Gasteiger partial charge in [0.1, 0.15) is 5.69 Å². The zero-order valence-corrected chi connectivity index (χ0v) is 13.8. The summed E-state index contributed by atoms with van der Waals surface area (Å²) in [4.78, 5) is 0.0388. The lowest BCUT2D eigenvalue weighted by Gasteiger charge is -2.07. The minimum atomic E-state index is -3.87. The van der Waals surface area contributed by atoms with Gasteiger partial charge in [0.25, 0.3) is 0 Å². The molecule has 6 heteroatoms. The van der Waals surface area contributed by atoms with Crippen LogP contribution >= 0.6 is 0 Å². The highest BCUT2D eigenvalue weighted by atomic mass is 32.2. The maximum absolute atomic E-state index is 11.9. The van der Waals surface area contributed by atoms with Crippen molar-refractivity contribution >= 4 is 10.0 Å². The van der Waals surface area contributed by atoms with Gasteiger partial charge >= 0.3 is 0 Å². The van der Waals surface area contributed by atoms with Crippen molar-refractivity contribution in [2.24, 2.45) is 5.14 Å². The van der Waals surface area contributed by atoms with Gasteiger partial charge in [0.05, 0.1) is 4.90 Å². The Kier molecular flexibility index (Phi) is 4.21. The largest absolute Gasteiger partial charge is 0.238 e. The van der Waals surface area contributed by atoms with Crippen LogP contribution in [0.4, 0.5) is 0 Å². The second-order valence-electron chi connectivity index (χ2n) is 5.10. The van der Waals surface area contributed by atoms with Gasteiger partial charge in [-0.2, -0.15) is 9.78 Å². The fourth-order valence-electron chi connectivity index (χ4n) is 2.48. The number of nitrogens with zero attached hydrogens (tertiary/aromatic N) is 2. The van der Waals surface area contributed by atoms with Crippen molar-refractivity contribution in [1.82, 2.24) is 9.78 Å². The average Bonchev–Trinajstić information content (AvgIpc) is 2.99. The van der Waals surface area contributed by atoms with Crippen LogP contribution in [0.3, 0.4) is 0 Å². The maximum atomic E-state index is 11.9. The van der Waals surface area contributed by atoms with E-state index in [9.17, 15) is 8.42 Å². The average molecular weight is 337 g/mol. The first-order valence-corrected chi connectivity index (χ1v) is 8.75. The van der Waals surface area contributed by atoms with Crippen molar-refractivity contribution in [3.05, 3.63) is 60.8 Å². The fourth-order valence-corrected chi connectivity index (χ4v) is 3.22. The Morgan fingerprint density at radius 2 is 1.67 bits per heavy atom. The normalized spacial score (nSPS) is 10.9. The molecule has 0 bridgehead atoms. The summed E-state index contributed by atoms with van der Waals surface area (Å²) in [5, 5.41) is 9.80. The molecule has 0 spiro atoms. The Labute approximate surface area is 140 Å². The van der Waals surface area contributed by atoms with Gasteiger partial charge in [-0.15, -0.1) is 0 Å². The molecule has 3 aromatic rings. The Morgan fingerprint density at radius 1 is 1.00 bits per heavy atom. The summed E-state index contributed by atoms with van der Waals surface area (Å²) in [6.45, 7) is 1.71. The lowest BCUT2D eigenvalue weighted by molar-refractivity contribution is 0.598. The standard InChI is InChI=1S/C18H15N3O2S/c1-2-12-21-13-16(14-8-4-3-5-9-14)18(20-21)15-10-6-7-11-17(15)24(19,22)23/h3-11,13H,1H3,(H2,19,22,23).